The van der Waals surface area contributed by atoms with Crippen LogP contribution in [-0.4, -0.2) is 14.8 Å². The molecule has 0 spiro atoms. The largest absolute Gasteiger partial charge is 0.237 e. The van der Waals surface area contributed by atoms with Crippen molar-refractivity contribution in [3.8, 4) is 5.82 Å². The van der Waals surface area contributed by atoms with E-state index in [0.29, 0.717) is 11.1 Å². The first-order valence-corrected chi connectivity index (χ1v) is 6.80. The minimum Gasteiger partial charge on any atom is -0.237 e. The summed E-state index contributed by atoms with van der Waals surface area (Å²) >= 11 is 6.27. The number of pyridine rings is 1. The Morgan fingerprint density at radius 2 is 2.06 bits per heavy atom. The van der Waals surface area contributed by atoms with Gasteiger partial charge >= 0.3 is 0 Å². The lowest BCUT2D eigenvalue weighted by atomic mass is 10.1. The van der Waals surface area contributed by atoms with E-state index in [2.05, 4.69) is 10.1 Å². The number of hydrogen-bond acceptors (Lipinski definition) is 2. The van der Waals surface area contributed by atoms with Crippen molar-refractivity contribution in [1.82, 2.24) is 14.8 Å². The number of halogens is 1. The predicted octanol–water partition coefficient (Wildman–Crippen LogP) is 3.89. The Labute approximate surface area is 112 Å². The van der Waals surface area contributed by atoms with Crippen molar-refractivity contribution in [2.75, 3.05) is 0 Å². The monoisotopic (exact) mass is 261 g/mol. The second-order valence-corrected chi connectivity index (χ2v) is 5.36. The van der Waals surface area contributed by atoms with Gasteiger partial charge in [-0.15, -0.1) is 0 Å². The summed E-state index contributed by atoms with van der Waals surface area (Å²) in [7, 11) is 0. The Bertz CT molecular complexity index is 556. The SMILES string of the molecule is Cc1ccnc(-n2nc(C3CCCC3)cc2Cl)c1. The van der Waals surface area contributed by atoms with E-state index in [1.54, 1.807) is 10.9 Å². The maximum Gasteiger partial charge on any atom is 0.155 e. The summed E-state index contributed by atoms with van der Waals surface area (Å²) in [6, 6.07) is 5.96. The lowest BCUT2D eigenvalue weighted by Crippen LogP contribution is -2.02. The summed E-state index contributed by atoms with van der Waals surface area (Å²) in [6.07, 6.45) is 6.86. The van der Waals surface area contributed by atoms with E-state index in [0.717, 1.165) is 17.1 Å². The number of aromatic nitrogens is 3. The standard InChI is InChI=1S/C14H16ClN3/c1-10-6-7-16-14(8-10)18-13(15)9-12(17-18)11-4-2-3-5-11/h6-9,11H,2-5H2,1H3. The van der Waals surface area contributed by atoms with E-state index < -0.39 is 0 Å². The van der Waals surface area contributed by atoms with E-state index in [4.69, 9.17) is 11.6 Å². The molecule has 1 saturated carbocycles. The molecule has 0 bridgehead atoms. The Balaban J connectivity index is 1.97. The summed E-state index contributed by atoms with van der Waals surface area (Å²) in [5.74, 6) is 1.37. The molecule has 2 aromatic rings. The fourth-order valence-electron chi connectivity index (χ4n) is 2.59. The zero-order valence-electron chi connectivity index (χ0n) is 10.4. The molecule has 0 radical (unpaired) electrons. The Morgan fingerprint density at radius 1 is 1.28 bits per heavy atom. The molecule has 0 aliphatic heterocycles. The van der Waals surface area contributed by atoms with Gasteiger partial charge in [0, 0.05) is 12.1 Å². The first-order valence-electron chi connectivity index (χ1n) is 6.42. The van der Waals surface area contributed by atoms with Gasteiger partial charge in [-0.3, -0.25) is 0 Å². The van der Waals surface area contributed by atoms with Crippen LogP contribution in [0.4, 0.5) is 0 Å². The molecule has 0 saturated heterocycles. The van der Waals surface area contributed by atoms with Crippen molar-refractivity contribution in [3.63, 3.8) is 0 Å². The van der Waals surface area contributed by atoms with Crippen LogP contribution in [0.25, 0.3) is 5.82 Å². The van der Waals surface area contributed by atoms with Crippen molar-refractivity contribution in [2.24, 2.45) is 0 Å². The van der Waals surface area contributed by atoms with Crippen molar-refractivity contribution < 1.29 is 0 Å². The molecule has 18 heavy (non-hydrogen) atoms. The number of nitrogens with zero attached hydrogens (tertiary/aromatic N) is 3. The quantitative estimate of drug-likeness (QED) is 0.821. The smallest absolute Gasteiger partial charge is 0.155 e. The average Bonchev–Trinajstić information content (AvgIpc) is 2.97. The predicted molar refractivity (Wildman–Crippen MR) is 72.3 cm³/mol. The van der Waals surface area contributed by atoms with Crippen molar-refractivity contribution in [2.45, 2.75) is 38.5 Å². The van der Waals surface area contributed by atoms with Gasteiger partial charge in [0.1, 0.15) is 5.15 Å². The molecule has 0 N–H and O–H groups in total. The van der Waals surface area contributed by atoms with E-state index in [1.165, 1.54) is 25.7 Å². The average molecular weight is 262 g/mol. The number of rotatable bonds is 2. The van der Waals surface area contributed by atoms with Crippen molar-refractivity contribution >= 4 is 11.6 Å². The molecule has 3 nitrogen and oxygen atoms in total. The van der Waals surface area contributed by atoms with E-state index in [-0.39, 0.29) is 0 Å². The Kier molecular flexibility index (Phi) is 3.08. The van der Waals surface area contributed by atoms with Gasteiger partial charge in [0.05, 0.1) is 5.69 Å². The van der Waals surface area contributed by atoms with Crippen LogP contribution in [0.3, 0.4) is 0 Å². The number of aryl methyl sites for hydroxylation is 1. The highest BCUT2D eigenvalue weighted by atomic mass is 35.5. The molecule has 2 heterocycles. The van der Waals surface area contributed by atoms with Gasteiger partial charge in [-0.05, 0) is 43.5 Å². The molecule has 0 atom stereocenters. The Morgan fingerprint density at radius 3 is 2.78 bits per heavy atom. The van der Waals surface area contributed by atoms with Crippen LogP contribution in [0.2, 0.25) is 5.15 Å². The third-order valence-electron chi connectivity index (χ3n) is 3.58. The van der Waals surface area contributed by atoms with Gasteiger partial charge in [-0.1, -0.05) is 24.4 Å². The van der Waals surface area contributed by atoms with Gasteiger partial charge < -0.3 is 0 Å². The maximum atomic E-state index is 6.27. The summed E-state index contributed by atoms with van der Waals surface area (Å²) in [6.45, 7) is 2.04. The minimum absolute atomic E-state index is 0.577. The van der Waals surface area contributed by atoms with Crippen LogP contribution in [0.15, 0.2) is 24.4 Å². The van der Waals surface area contributed by atoms with Crippen LogP contribution < -0.4 is 0 Å². The van der Waals surface area contributed by atoms with Crippen LogP contribution in [0.1, 0.15) is 42.9 Å². The van der Waals surface area contributed by atoms with Crippen molar-refractivity contribution in [3.05, 3.63) is 40.8 Å². The van der Waals surface area contributed by atoms with Crippen molar-refractivity contribution in [1.29, 1.82) is 0 Å². The summed E-state index contributed by atoms with van der Waals surface area (Å²) < 4.78 is 1.74. The Hall–Kier alpha value is -1.35. The topological polar surface area (TPSA) is 30.7 Å². The summed E-state index contributed by atoms with van der Waals surface area (Å²) in [5.41, 5.74) is 2.27. The molecule has 1 fully saturated rings. The zero-order valence-corrected chi connectivity index (χ0v) is 11.2. The highest BCUT2D eigenvalue weighted by molar-refractivity contribution is 6.29. The van der Waals surface area contributed by atoms with E-state index in [1.807, 2.05) is 25.1 Å². The normalized spacial score (nSPS) is 16.3. The molecule has 2 aromatic heterocycles. The van der Waals surface area contributed by atoms with Crippen LogP contribution >= 0.6 is 11.6 Å². The molecular formula is C14H16ClN3. The van der Waals surface area contributed by atoms with Crippen LogP contribution in [-0.2, 0) is 0 Å². The second-order valence-electron chi connectivity index (χ2n) is 4.98. The van der Waals surface area contributed by atoms with E-state index in [9.17, 15) is 0 Å². The lowest BCUT2D eigenvalue weighted by molar-refractivity contribution is 0.675. The third kappa shape index (κ3) is 2.15. The maximum absolute atomic E-state index is 6.27. The molecule has 0 aromatic carbocycles. The zero-order chi connectivity index (χ0) is 12.5. The molecule has 3 rings (SSSR count). The summed E-state index contributed by atoms with van der Waals surface area (Å²) in [5, 5.41) is 5.27. The van der Waals surface area contributed by atoms with Gasteiger partial charge in [0.2, 0.25) is 0 Å². The van der Waals surface area contributed by atoms with Crippen LogP contribution in [0, 0.1) is 6.92 Å². The highest BCUT2D eigenvalue weighted by Gasteiger charge is 2.21. The second kappa shape index (κ2) is 4.73. The van der Waals surface area contributed by atoms with Gasteiger partial charge in [-0.2, -0.15) is 5.10 Å². The first kappa shape index (κ1) is 11.7. The molecular weight excluding hydrogens is 246 g/mol. The molecule has 1 aliphatic rings. The molecule has 0 unspecified atom stereocenters. The third-order valence-corrected chi connectivity index (χ3v) is 3.85. The first-order chi connectivity index (χ1) is 8.74. The molecule has 4 heteroatoms. The fourth-order valence-corrected chi connectivity index (χ4v) is 2.83. The van der Waals surface area contributed by atoms with Gasteiger partial charge in [0.25, 0.3) is 0 Å². The van der Waals surface area contributed by atoms with Gasteiger partial charge in [0.15, 0.2) is 5.82 Å². The van der Waals surface area contributed by atoms with Crippen LogP contribution in [0.5, 0.6) is 0 Å². The highest BCUT2D eigenvalue weighted by Crippen LogP contribution is 2.34. The fraction of sp³-hybridized carbons (Fsp3) is 0.429. The van der Waals surface area contributed by atoms with Gasteiger partial charge in [-0.25, -0.2) is 9.67 Å². The molecule has 94 valence electrons. The summed E-state index contributed by atoms with van der Waals surface area (Å²) in [4.78, 5) is 4.33. The molecule has 0 amide bonds. The minimum atomic E-state index is 0.577. The van der Waals surface area contributed by atoms with E-state index >= 15 is 0 Å². The lowest BCUT2D eigenvalue weighted by Gasteiger charge is -2.04. The number of hydrogen-bond donors (Lipinski definition) is 0. The molecule has 1 aliphatic carbocycles.